The summed E-state index contributed by atoms with van der Waals surface area (Å²) < 4.78 is 5.77. The molecule has 16 heavy (non-hydrogen) atoms. The number of furan rings is 1. The van der Waals surface area contributed by atoms with Gasteiger partial charge in [0.15, 0.2) is 0 Å². The Hall–Kier alpha value is -1.02. The molecule has 1 aromatic heterocycles. The van der Waals surface area contributed by atoms with Crippen molar-refractivity contribution in [3.8, 4) is 0 Å². The van der Waals surface area contributed by atoms with Crippen molar-refractivity contribution in [3.05, 3.63) is 29.2 Å². The Labute approximate surface area is 97.0 Å². The molecule has 1 N–H and O–H groups in total. The molecule has 88 valence electrons. The van der Waals surface area contributed by atoms with Crippen molar-refractivity contribution in [2.45, 2.75) is 33.1 Å². The number of hydrogen-bond acceptors (Lipinski definition) is 2. The first-order valence-corrected chi connectivity index (χ1v) is 6.03. The van der Waals surface area contributed by atoms with Gasteiger partial charge in [-0.25, -0.2) is 0 Å². The normalized spacial score (nSPS) is 25.2. The molecule has 2 rings (SSSR count). The summed E-state index contributed by atoms with van der Waals surface area (Å²) in [6.07, 6.45) is 3.20. The molecule has 1 fully saturated rings. The van der Waals surface area contributed by atoms with E-state index in [1.165, 1.54) is 6.42 Å². The quantitative estimate of drug-likeness (QED) is 0.843. The van der Waals surface area contributed by atoms with Crippen LogP contribution >= 0.6 is 0 Å². The minimum atomic E-state index is 0.105. The second kappa shape index (κ2) is 4.46. The molecular formula is C14H20O2. The van der Waals surface area contributed by atoms with Gasteiger partial charge < -0.3 is 9.52 Å². The Morgan fingerprint density at radius 1 is 1.56 bits per heavy atom. The molecule has 1 aliphatic carbocycles. The molecule has 2 heteroatoms. The smallest absolute Gasteiger partial charge is 0.127 e. The Bertz CT molecular complexity index is 387. The van der Waals surface area contributed by atoms with Crippen molar-refractivity contribution in [3.63, 3.8) is 0 Å². The predicted octanol–water partition coefficient (Wildman–Crippen LogP) is 3.43. The van der Waals surface area contributed by atoms with Gasteiger partial charge in [-0.05, 0) is 42.0 Å². The molecule has 0 bridgehead atoms. The van der Waals surface area contributed by atoms with E-state index in [9.17, 15) is 5.11 Å². The molecule has 0 amide bonds. The molecule has 2 nitrogen and oxygen atoms in total. The zero-order valence-electron chi connectivity index (χ0n) is 10.2. The van der Waals surface area contributed by atoms with Crippen molar-refractivity contribution in [1.29, 1.82) is 0 Å². The minimum absolute atomic E-state index is 0.105. The van der Waals surface area contributed by atoms with E-state index in [2.05, 4.69) is 26.8 Å². The molecule has 1 saturated carbocycles. The summed E-state index contributed by atoms with van der Waals surface area (Å²) >= 11 is 0. The maximum absolute atomic E-state index is 9.22. The highest BCUT2D eigenvalue weighted by molar-refractivity contribution is 5.48. The molecule has 2 atom stereocenters. The summed E-state index contributed by atoms with van der Waals surface area (Å²) in [6, 6.07) is 4.06. The van der Waals surface area contributed by atoms with Crippen molar-refractivity contribution in [2.75, 3.05) is 6.61 Å². The summed E-state index contributed by atoms with van der Waals surface area (Å²) in [4.78, 5) is 0. The lowest BCUT2D eigenvalue weighted by atomic mass is 10.0. The Morgan fingerprint density at radius 2 is 2.25 bits per heavy atom. The van der Waals surface area contributed by atoms with Gasteiger partial charge in [-0.3, -0.25) is 0 Å². The molecule has 1 aromatic rings. The van der Waals surface area contributed by atoms with Crippen LogP contribution in [0.3, 0.4) is 0 Å². The lowest BCUT2D eigenvalue weighted by Gasteiger charge is -2.06. The van der Waals surface area contributed by atoms with Gasteiger partial charge in [0.25, 0.3) is 0 Å². The average molecular weight is 220 g/mol. The fourth-order valence-corrected chi connectivity index (χ4v) is 1.94. The van der Waals surface area contributed by atoms with E-state index < -0.39 is 0 Å². The van der Waals surface area contributed by atoms with Gasteiger partial charge in [-0.2, -0.15) is 0 Å². The predicted molar refractivity (Wildman–Crippen MR) is 65.1 cm³/mol. The summed E-state index contributed by atoms with van der Waals surface area (Å²) in [5.41, 5.74) is 1.02. The second-order valence-corrected chi connectivity index (χ2v) is 5.09. The average Bonchev–Trinajstić information content (AvgIpc) is 2.79. The maximum atomic E-state index is 9.22. The van der Waals surface area contributed by atoms with Crippen LogP contribution in [0.2, 0.25) is 0 Å². The highest BCUT2D eigenvalue weighted by Crippen LogP contribution is 2.47. The fraction of sp³-hybridized carbons (Fsp3) is 0.571. The first-order valence-electron chi connectivity index (χ1n) is 6.03. The molecule has 0 aromatic carbocycles. The van der Waals surface area contributed by atoms with Crippen LogP contribution in [0.15, 0.2) is 22.1 Å². The van der Waals surface area contributed by atoms with Crippen LogP contribution in [0.4, 0.5) is 0 Å². The third-order valence-corrected chi connectivity index (χ3v) is 3.37. The second-order valence-electron chi connectivity index (χ2n) is 5.09. The monoisotopic (exact) mass is 220 g/mol. The lowest BCUT2D eigenvalue weighted by molar-refractivity contribution is 0.319. The van der Waals surface area contributed by atoms with Crippen molar-refractivity contribution >= 4 is 6.08 Å². The molecular weight excluding hydrogens is 200 g/mol. The SMILES string of the molecule is CC(C)C(=Cc1ccc(C2CC2C)o1)CO. The zero-order valence-corrected chi connectivity index (χ0v) is 10.2. The van der Waals surface area contributed by atoms with E-state index >= 15 is 0 Å². The zero-order chi connectivity index (χ0) is 11.7. The summed E-state index contributed by atoms with van der Waals surface area (Å²) in [6.45, 7) is 6.51. The van der Waals surface area contributed by atoms with E-state index in [-0.39, 0.29) is 6.61 Å². The van der Waals surface area contributed by atoms with Gasteiger partial charge >= 0.3 is 0 Å². The van der Waals surface area contributed by atoms with Gasteiger partial charge in [0, 0.05) is 5.92 Å². The van der Waals surface area contributed by atoms with Crippen molar-refractivity contribution in [2.24, 2.45) is 11.8 Å². The first kappa shape index (κ1) is 11.5. The van der Waals surface area contributed by atoms with Gasteiger partial charge in [-0.1, -0.05) is 20.8 Å². The maximum Gasteiger partial charge on any atom is 0.127 e. The van der Waals surface area contributed by atoms with Gasteiger partial charge in [0.1, 0.15) is 11.5 Å². The number of aliphatic hydroxyl groups is 1. The third-order valence-electron chi connectivity index (χ3n) is 3.37. The molecule has 2 unspecified atom stereocenters. The highest BCUT2D eigenvalue weighted by Gasteiger charge is 2.36. The highest BCUT2D eigenvalue weighted by atomic mass is 16.3. The summed E-state index contributed by atoms with van der Waals surface area (Å²) in [5, 5.41) is 9.22. The van der Waals surface area contributed by atoms with Crippen LogP contribution in [0.5, 0.6) is 0 Å². The van der Waals surface area contributed by atoms with E-state index in [0.717, 1.165) is 23.0 Å². The first-order chi connectivity index (χ1) is 7.61. The van der Waals surface area contributed by atoms with E-state index in [0.29, 0.717) is 11.8 Å². The third kappa shape index (κ3) is 2.38. The molecule has 1 aliphatic rings. The largest absolute Gasteiger partial charge is 0.461 e. The number of rotatable bonds is 4. The lowest BCUT2D eigenvalue weighted by Crippen LogP contribution is -1.98. The van der Waals surface area contributed by atoms with Crippen LogP contribution in [0.1, 0.15) is 44.6 Å². The number of aliphatic hydroxyl groups excluding tert-OH is 1. The molecule has 0 aliphatic heterocycles. The Kier molecular flexibility index (Phi) is 3.20. The van der Waals surface area contributed by atoms with Gasteiger partial charge in [0.05, 0.1) is 6.61 Å². The molecule has 0 radical (unpaired) electrons. The Balaban J connectivity index is 2.12. The summed E-state index contributed by atoms with van der Waals surface area (Å²) in [7, 11) is 0. The summed E-state index contributed by atoms with van der Waals surface area (Å²) in [5.74, 6) is 3.72. The van der Waals surface area contributed by atoms with Crippen LogP contribution in [-0.4, -0.2) is 11.7 Å². The topological polar surface area (TPSA) is 33.4 Å². The van der Waals surface area contributed by atoms with Gasteiger partial charge in [0.2, 0.25) is 0 Å². The van der Waals surface area contributed by atoms with Crippen LogP contribution < -0.4 is 0 Å². The molecule has 1 heterocycles. The van der Waals surface area contributed by atoms with Crippen LogP contribution in [0.25, 0.3) is 6.08 Å². The van der Waals surface area contributed by atoms with Crippen LogP contribution in [0, 0.1) is 11.8 Å². The van der Waals surface area contributed by atoms with E-state index in [1.807, 2.05) is 12.1 Å². The van der Waals surface area contributed by atoms with Crippen molar-refractivity contribution in [1.82, 2.24) is 0 Å². The number of hydrogen-bond donors (Lipinski definition) is 1. The minimum Gasteiger partial charge on any atom is -0.461 e. The molecule has 0 spiro atoms. The van der Waals surface area contributed by atoms with Crippen molar-refractivity contribution < 1.29 is 9.52 Å². The molecule has 0 saturated heterocycles. The van der Waals surface area contributed by atoms with E-state index in [1.54, 1.807) is 0 Å². The van der Waals surface area contributed by atoms with Gasteiger partial charge in [-0.15, -0.1) is 0 Å². The van der Waals surface area contributed by atoms with Crippen LogP contribution in [-0.2, 0) is 0 Å². The van der Waals surface area contributed by atoms with E-state index in [4.69, 9.17) is 4.42 Å². The standard InChI is InChI=1S/C14H20O2/c1-9(2)11(8-15)7-12-4-5-14(16-12)13-6-10(13)3/h4-5,7,9-10,13,15H,6,8H2,1-3H3. The Morgan fingerprint density at radius 3 is 2.75 bits per heavy atom. The fourth-order valence-electron chi connectivity index (χ4n) is 1.94.